The second-order valence-corrected chi connectivity index (χ2v) is 5.89. The van der Waals surface area contributed by atoms with E-state index in [0.717, 1.165) is 32.4 Å². The van der Waals surface area contributed by atoms with Crippen LogP contribution in [0, 0.1) is 5.92 Å². The van der Waals surface area contributed by atoms with E-state index in [4.69, 9.17) is 5.73 Å². The average molecular weight is 250 g/mol. The summed E-state index contributed by atoms with van der Waals surface area (Å²) in [5.74, 6) is 0.802. The molecule has 0 aromatic heterocycles. The van der Waals surface area contributed by atoms with Crippen LogP contribution in [0.3, 0.4) is 0 Å². The molecule has 1 amide bonds. The third kappa shape index (κ3) is 3.58. The van der Waals surface area contributed by atoms with Gasteiger partial charge in [-0.2, -0.15) is 0 Å². The third-order valence-electron chi connectivity index (χ3n) is 4.32. The van der Waals surface area contributed by atoms with Crippen molar-refractivity contribution in [3.63, 3.8) is 0 Å². The van der Waals surface area contributed by atoms with Gasteiger partial charge in [0.05, 0.1) is 0 Å². The van der Waals surface area contributed by atoms with Crippen LogP contribution in [-0.2, 0) is 4.79 Å². The fourth-order valence-electron chi connectivity index (χ4n) is 3.04. The summed E-state index contributed by atoms with van der Waals surface area (Å²) in [6, 6.07) is 0.203. The van der Waals surface area contributed by atoms with Crippen LogP contribution in [0.2, 0.25) is 0 Å². The highest BCUT2D eigenvalue weighted by atomic mass is 16.2. The molecule has 1 aliphatic heterocycles. The van der Waals surface area contributed by atoms with Gasteiger partial charge in [-0.1, -0.05) is 11.6 Å². The first kappa shape index (κ1) is 13.6. The molecule has 1 aliphatic carbocycles. The molecule has 0 bridgehead atoms. The van der Waals surface area contributed by atoms with Crippen LogP contribution in [0.5, 0.6) is 0 Å². The van der Waals surface area contributed by atoms with Gasteiger partial charge < -0.3 is 10.6 Å². The second-order valence-electron chi connectivity index (χ2n) is 5.89. The number of allylic oxidation sites excluding steroid dienone is 1. The Balaban J connectivity index is 1.86. The quantitative estimate of drug-likeness (QED) is 0.782. The Morgan fingerprint density at radius 1 is 1.50 bits per heavy atom. The topological polar surface area (TPSA) is 46.3 Å². The summed E-state index contributed by atoms with van der Waals surface area (Å²) < 4.78 is 0. The van der Waals surface area contributed by atoms with Crippen molar-refractivity contribution < 1.29 is 4.79 Å². The van der Waals surface area contributed by atoms with Crippen LogP contribution >= 0.6 is 0 Å². The van der Waals surface area contributed by atoms with E-state index in [0.29, 0.717) is 18.2 Å². The van der Waals surface area contributed by atoms with Crippen LogP contribution in [-0.4, -0.2) is 29.9 Å². The van der Waals surface area contributed by atoms with Crippen molar-refractivity contribution in [3.05, 3.63) is 11.6 Å². The van der Waals surface area contributed by atoms with Crippen LogP contribution in [0.15, 0.2) is 11.6 Å². The van der Waals surface area contributed by atoms with E-state index in [1.54, 1.807) is 0 Å². The van der Waals surface area contributed by atoms with Crippen LogP contribution in [0.1, 0.15) is 51.9 Å². The molecule has 3 heteroatoms. The standard InChI is InChI=1S/C15H26N2O/c1-12(16)14-8-5-9-17(11-14)15(18)10-13-6-3-2-4-7-13/h6,12,14H,2-5,7-11,16H2,1H3. The normalized spacial score (nSPS) is 26.7. The highest BCUT2D eigenvalue weighted by Crippen LogP contribution is 2.23. The van der Waals surface area contributed by atoms with Crippen molar-refractivity contribution in [3.8, 4) is 0 Å². The molecular weight excluding hydrogens is 224 g/mol. The van der Waals surface area contributed by atoms with Gasteiger partial charge in [0.15, 0.2) is 0 Å². The first-order valence-corrected chi connectivity index (χ1v) is 7.38. The first-order chi connectivity index (χ1) is 8.66. The molecule has 0 aromatic rings. The minimum absolute atomic E-state index is 0.203. The maximum atomic E-state index is 12.3. The fourth-order valence-corrected chi connectivity index (χ4v) is 3.04. The number of amides is 1. The molecule has 0 aromatic carbocycles. The summed E-state index contributed by atoms with van der Waals surface area (Å²) in [5.41, 5.74) is 7.32. The Morgan fingerprint density at radius 2 is 2.33 bits per heavy atom. The zero-order valence-corrected chi connectivity index (χ0v) is 11.5. The number of hydrogen-bond acceptors (Lipinski definition) is 2. The van der Waals surface area contributed by atoms with Crippen molar-refractivity contribution >= 4 is 5.91 Å². The van der Waals surface area contributed by atoms with Gasteiger partial charge in [0.1, 0.15) is 0 Å². The molecule has 0 saturated carbocycles. The Labute approximate surface area is 110 Å². The first-order valence-electron chi connectivity index (χ1n) is 7.38. The lowest BCUT2D eigenvalue weighted by atomic mass is 9.91. The number of rotatable bonds is 3. The van der Waals surface area contributed by atoms with Crippen molar-refractivity contribution in [2.75, 3.05) is 13.1 Å². The maximum Gasteiger partial charge on any atom is 0.226 e. The summed E-state index contributed by atoms with van der Waals surface area (Å²) in [4.78, 5) is 14.3. The molecule has 2 atom stereocenters. The molecule has 1 heterocycles. The van der Waals surface area contributed by atoms with E-state index in [1.165, 1.54) is 24.8 Å². The molecule has 2 unspecified atom stereocenters. The molecule has 1 saturated heterocycles. The molecule has 0 radical (unpaired) electrons. The van der Waals surface area contributed by atoms with Gasteiger partial charge in [0.2, 0.25) is 5.91 Å². The number of nitrogens with zero attached hydrogens (tertiary/aromatic N) is 1. The van der Waals surface area contributed by atoms with Crippen LogP contribution < -0.4 is 5.73 Å². The molecule has 102 valence electrons. The number of carbonyl (C=O) groups is 1. The molecule has 2 rings (SSSR count). The van der Waals surface area contributed by atoms with Crippen molar-refractivity contribution in [1.82, 2.24) is 4.90 Å². The van der Waals surface area contributed by atoms with Crippen LogP contribution in [0.25, 0.3) is 0 Å². The molecule has 3 nitrogen and oxygen atoms in total. The van der Waals surface area contributed by atoms with Gasteiger partial charge in [-0.25, -0.2) is 0 Å². The molecule has 18 heavy (non-hydrogen) atoms. The highest BCUT2D eigenvalue weighted by molar-refractivity contribution is 5.78. The van der Waals surface area contributed by atoms with Crippen LogP contribution in [0.4, 0.5) is 0 Å². The zero-order chi connectivity index (χ0) is 13.0. The van der Waals surface area contributed by atoms with Gasteiger partial charge >= 0.3 is 0 Å². The number of nitrogens with two attached hydrogens (primary N) is 1. The highest BCUT2D eigenvalue weighted by Gasteiger charge is 2.26. The fraction of sp³-hybridized carbons (Fsp3) is 0.800. The van der Waals surface area contributed by atoms with Crippen molar-refractivity contribution in [1.29, 1.82) is 0 Å². The SMILES string of the molecule is CC(N)C1CCCN(C(=O)CC2=CCCCC2)C1. The second kappa shape index (κ2) is 6.37. The van der Waals surface area contributed by atoms with Crippen molar-refractivity contribution in [2.24, 2.45) is 11.7 Å². The van der Waals surface area contributed by atoms with E-state index in [2.05, 4.69) is 13.0 Å². The lowest BCUT2D eigenvalue weighted by Gasteiger charge is -2.35. The lowest BCUT2D eigenvalue weighted by Crippen LogP contribution is -2.45. The van der Waals surface area contributed by atoms with Gasteiger partial charge in [0.25, 0.3) is 0 Å². The summed E-state index contributed by atoms with van der Waals surface area (Å²) in [5, 5.41) is 0. The van der Waals surface area contributed by atoms with Crippen molar-refractivity contribution in [2.45, 2.75) is 57.9 Å². The number of likely N-dealkylation sites (tertiary alicyclic amines) is 1. The monoisotopic (exact) mass is 250 g/mol. The largest absolute Gasteiger partial charge is 0.342 e. The summed E-state index contributed by atoms with van der Waals surface area (Å²) in [6.07, 6.45) is 10.0. The number of hydrogen-bond donors (Lipinski definition) is 1. The predicted octanol–water partition coefficient (Wildman–Crippen LogP) is 2.46. The van der Waals surface area contributed by atoms with Gasteiger partial charge in [0, 0.05) is 25.6 Å². The molecule has 2 aliphatic rings. The Bertz CT molecular complexity index is 322. The molecule has 2 N–H and O–H groups in total. The lowest BCUT2D eigenvalue weighted by molar-refractivity contribution is -0.132. The van der Waals surface area contributed by atoms with E-state index in [1.807, 2.05) is 4.90 Å². The molecular formula is C15H26N2O. The number of carbonyl (C=O) groups excluding carboxylic acids is 1. The Hall–Kier alpha value is -0.830. The van der Waals surface area contributed by atoms with E-state index >= 15 is 0 Å². The van der Waals surface area contributed by atoms with E-state index in [-0.39, 0.29) is 6.04 Å². The molecule has 1 fully saturated rings. The third-order valence-corrected chi connectivity index (χ3v) is 4.32. The van der Waals surface area contributed by atoms with Gasteiger partial charge in [-0.15, -0.1) is 0 Å². The minimum Gasteiger partial charge on any atom is -0.342 e. The smallest absolute Gasteiger partial charge is 0.226 e. The summed E-state index contributed by atoms with van der Waals surface area (Å²) >= 11 is 0. The van der Waals surface area contributed by atoms with Gasteiger partial charge in [-0.3, -0.25) is 4.79 Å². The molecule has 0 spiro atoms. The Kier molecular flexibility index (Phi) is 4.81. The summed E-state index contributed by atoms with van der Waals surface area (Å²) in [7, 11) is 0. The minimum atomic E-state index is 0.203. The van der Waals surface area contributed by atoms with E-state index < -0.39 is 0 Å². The Morgan fingerprint density at radius 3 is 3.00 bits per heavy atom. The van der Waals surface area contributed by atoms with Gasteiger partial charge in [-0.05, 0) is 51.4 Å². The number of piperidine rings is 1. The summed E-state index contributed by atoms with van der Waals surface area (Å²) in [6.45, 7) is 3.85. The zero-order valence-electron chi connectivity index (χ0n) is 11.5. The maximum absolute atomic E-state index is 12.3. The van der Waals surface area contributed by atoms with E-state index in [9.17, 15) is 4.79 Å². The average Bonchev–Trinajstić information content (AvgIpc) is 2.40. The predicted molar refractivity (Wildman–Crippen MR) is 74.1 cm³/mol.